The number of hydrogen-bond donors (Lipinski definition) is 0. The largest absolute Gasteiger partial charge is 0.454 e. The quantitative estimate of drug-likeness (QED) is 0.611. The van der Waals surface area contributed by atoms with Crippen molar-refractivity contribution >= 4 is 0 Å². The summed E-state index contributed by atoms with van der Waals surface area (Å²) in [5.41, 5.74) is 0. The van der Waals surface area contributed by atoms with Gasteiger partial charge in [-0.25, -0.2) is 0 Å². The van der Waals surface area contributed by atoms with Crippen LogP contribution >= 0.6 is 0 Å². The summed E-state index contributed by atoms with van der Waals surface area (Å²) in [7, 11) is 0. The molecule has 0 aliphatic carbocycles. The molecule has 1 heterocycles. The molecule has 0 aromatic heterocycles. The van der Waals surface area contributed by atoms with E-state index in [1.807, 2.05) is 52.0 Å². The molecule has 0 radical (unpaired) electrons. The third-order valence-corrected chi connectivity index (χ3v) is 1.28. The van der Waals surface area contributed by atoms with Crippen LogP contribution < -0.4 is 9.47 Å². The molecule has 1 aliphatic rings. The molecule has 74 valence electrons. The van der Waals surface area contributed by atoms with E-state index < -0.39 is 0 Å². The van der Waals surface area contributed by atoms with Crippen LogP contribution in [0.25, 0.3) is 0 Å². The highest BCUT2D eigenvalue weighted by Crippen LogP contribution is 2.30. The number of rotatable bonds is 0. The van der Waals surface area contributed by atoms with Gasteiger partial charge in [0, 0.05) is 0 Å². The molecule has 0 saturated heterocycles. The summed E-state index contributed by atoms with van der Waals surface area (Å²) in [6.45, 7) is 8.36. The van der Waals surface area contributed by atoms with Crippen molar-refractivity contribution in [3.63, 3.8) is 0 Å². The van der Waals surface area contributed by atoms with Crippen LogP contribution in [0.4, 0.5) is 0 Å². The van der Waals surface area contributed by atoms with E-state index in [1.165, 1.54) is 0 Å². The lowest BCUT2D eigenvalue weighted by molar-refractivity contribution is 0.174. The Hall–Kier alpha value is -1.18. The Bertz CT molecular complexity index is 198. The number of hydrogen-bond acceptors (Lipinski definition) is 2. The predicted molar refractivity (Wildman–Crippen MR) is 55.3 cm³/mol. The topological polar surface area (TPSA) is 18.5 Å². The zero-order valence-corrected chi connectivity index (χ0v) is 8.83. The average molecular weight is 182 g/mol. The van der Waals surface area contributed by atoms with Gasteiger partial charge in [0.05, 0.1) is 0 Å². The first kappa shape index (κ1) is 11.8. The third kappa shape index (κ3) is 3.36. The third-order valence-electron chi connectivity index (χ3n) is 1.28. The van der Waals surface area contributed by atoms with Crippen LogP contribution in [0.1, 0.15) is 27.7 Å². The van der Waals surface area contributed by atoms with E-state index in [4.69, 9.17) is 9.47 Å². The molecule has 0 fully saturated rings. The molecule has 0 unspecified atom stereocenters. The normalized spacial score (nSPS) is 10.5. The molecule has 2 heteroatoms. The standard InChI is InChI=1S/C7H6O2.2C2H6/c1-2-4-7-6(3-1)8-5-9-7;2*1-2/h1-4H,5H2;2*1-2H3. The van der Waals surface area contributed by atoms with Crippen molar-refractivity contribution in [2.75, 3.05) is 6.79 Å². The highest BCUT2D eigenvalue weighted by Gasteiger charge is 2.09. The van der Waals surface area contributed by atoms with E-state index in [1.54, 1.807) is 0 Å². The molecule has 0 spiro atoms. The van der Waals surface area contributed by atoms with Gasteiger partial charge in [0.15, 0.2) is 11.5 Å². The lowest BCUT2D eigenvalue weighted by Gasteiger charge is -1.89. The van der Waals surface area contributed by atoms with E-state index in [0.29, 0.717) is 6.79 Å². The fourth-order valence-corrected chi connectivity index (χ4v) is 0.845. The van der Waals surface area contributed by atoms with Crippen LogP contribution in [0, 0.1) is 0 Å². The molecule has 2 nitrogen and oxygen atoms in total. The lowest BCUT2D eigenvalue weighted by atomic mass is 10.3. The van der Waals surface area contributed by atoms with Crippen molar-refractivity contribution in [3.8, 4) is 11.5 Å². The van der Waals surface area contributed by atoms with Gasteiger partial charge in [0.1, 0.15) is 0 Å². The molecule has 13 heavy (non-hydrogen) atoms. The highest BCUT2D eigenvalue weighted by atomic mass is 16.7. The fourth-order valence-electron chi connectivity index (χ4n) is 0.845. The predicted octanol–water partition coefficient (Wildman–Crippen LogP) is 3.47. The average Bonchev–Trinajstić information content (AvgIpc) is 2.71. The first-order valence-electron chi connectivity index (χ1n) is 4.81. The number of fused-ring (bicyclic) bond motifs is 1. The second-order valence-electron chi connectivity index (χ2n) is 1.85. The molecule has 0 N–H and O–H groups in total. The monoisotopic (exact) mass is 182 g/mol. The van der Waals surface area contributed by atoms with Gasteiger partial charge in [-0.15, -0.1) is 0 Å². The van der Waals surface area contributed by atoms with Gasteiger partial charge in [-0.2, -0.15) is 0 Å². The Balaban J connectivity index is 0.000000322. The zero-order valence-electron chi connectivity index (χ0n) is 8.83. The van der Waals surface area contributed by atoms with E-state index in [0.717, 1.165) is 11.5 Å². The van der Waals surface area contributed by atoms with E-state index in [2.05, 4.69) is 0 Å². The SMILES string of the molecule is CC.CC.c1ccc2c(c1)OCO2. The molecule has 2 rings (SSSR count). The molecule has 1 aliphatic heterocycles. The lowest BCUT2D eigenvalue weighted by Crippen LogP contribution is -1.92. The molecular weight excluding hydrogens is 164 g/mol. The summed E-state index contributed by atoms with van der Waals surface area (Å²) in [4.78, 5) is 0. The maximum atomic E-state index is 5.08. The maximum Gasteiger partial charge on any atom is 0.231 e. The van der Waals surface area contributed by atoms with Crippen molar-refractivity contribution in [2.24, 2.45) is 0 Å². The van der Waals surface area contributed by atoms with Gasteiger partial charge in [-0.1, -0.05) is 39.8 Å². The molecule has 0 atom stereocenters. The smallest absolute Gasteiger partial charge is 0.231 e. The van der Waals surface area contributed by atoms with Crippen molar-refractivity contribution in [1.82, 2.24) is 0 Å². The summed E-state index contributed by atoms with van der Waals surface area (Å²) in [6.07, 6.45) is 0. The minimum Gasteiger partial charge on any atom is -0.454 e. The van der Waals surface area contributed by atoms with E-state index in [9.17, 15) is 0 Å². The van der Waals surface area contributed by atoms with Crippen LogP contribution in [0.3, 0.4) is 0 Å². The Labute approximate surface area is 80.5 Å². The summed E-state index contributed by atoms with van der Waals surface area (Å²) in [5.74, 6) is 1.69. The van der Waals surface area contributed by atoms with Crippen molar-refractivity contribution < 1.29 is 9.47 Å². The summed E-state index contributed by atoms with van der Waals surface area (Å²) >= 11 is 0. The van der Waals surface area contributed by atoms with Gasteiger partial charge >= 0.3 is 0 Å². The molecular formula is C11H18O2. The Kier molecular flexibility index (Phi) is 6.79. The minimum atomic E-state index is 0.360. The fraction of sp³-hybridized carbons (Fsp3) is 0.455. The summed E-state index contributed by atoms with van der Waals surface area (Å²) < 4.78 is 10.2. The van der Waals surface area contributed by atoms with Crippen molar-refractivity contribution in [1.29, 1.82) is 0 Å². The molecule has 0 amide bonds. The maximum absolute atomic E-state index is 5.08. The Morgan fingerprint density at radius 1 is 0.846 bits per heavy atom. The summed E-state index contributed by atoms with van der Waals surface area (Å²) in [5, 5.41) is 0. The molecule has 0 bridgehead atoms. The van der Waals surface area contributed by atoms with Crippen LogP contribution in [-0.4, -0.2) is 6.79 Å². The number of para-hydroxylation sites is 2. The van der Waals surface area contributed by atoms with Gasteiger partial charge < -0.3 is 9.47 Å². The van der Waals surface area contributed by atoms with Crippen LogP contribution in [0.15, 0.2) is 24.3 Å². The zero-order chi connectivity index (χ0) is 10.1. The second kappa shape index (κ2) is 7.47. The van der Waals surface area contributed by atoms with Crippen LogP contribution in [-0.2, 0) is 0 Å². The molecule has 1 aromatic carbocycles. The molecule has 1 aromatic rings. The van der Waals surface area contributed by atoms with Gasteiger partial charge in [0.2, 0.25) is 6.79 Å². The van der Waals surface area contributed by atoms with Gasteiger partial charge in [-0.3, -0.25) is 0 Å². The number of benzene rings is 1. The van der Waals surface area contributed by atoms with E-state index >= 15 is 0 Å². The van der Waals surface area contributed by atoms with Crippen molar-refractivity contribution in [3.05, 3.63) is 24.3 Å². The second-order valence-corrected chi connectivity index (χ2v) is 1.85. The summed E-state index contributed by atoms with van der Waals surface area (Å²) in [6, 6.07) is 7.63. The van der Waals surface area contributed by atoms with Crippen molar-refractivity contribution in [2.45, 2.75) is 27.7 Å². The Morgan fingerprint density at radius 2 is 1.23 bits per heavy atom. The van der Waals surface area contributed by atoms with Crippen LogP contribution in [0.5, 0.6) is 11.5 Å². The molecule has 0 saturated carbocycles. The Morgan fingerprint density at radius 3 is 1.62 bits per heavy atom. The first-order chi connectivity index (χ1) is 6.47. The van der Waals surface area contributed by atoms with Crippen LogP contribution in [0.2, 0.25) is 0 Å². The van der Waals surface area contributed by atoms with E-state index in [-0.39, 0.29) is 0 Å². The van der Waals surface area contributed by atoms with Gasteiger partial charge in [0.25, 0.3) is 0 Å². The van der Waals surface area contributed by atoms with Gasteiger partial charge in [-0.05, 0) is 12.1 Å². The highest BCUT2D eigenvalue weighted by molar-refractivity contribution is 5.40. The number of ether oxygens (including phenoxy) is 2. The minimum absolute atomic E-state index is 0.360. The first-order valence-corrected chi connectivity index (χ1v) is 4.81.